The highest BCUT2D eigenvalue weighted by Gasteiger charge is 2.28. The van der Waals surface area contributed by atoms with Gasteiger partial charge < -0.3 is 0 Å². The molecular formula is C36H34Cl4N4O2. The second-order valence-corrected chi connectivity index (χ2v) is 14.8. The van der Waals surface area contributed by atoms with Crippen LogP contribution in [0.2, 0.25) is 20.1 Å². The Kier molecular flexibility index (Phi) is 10.6. The van der Waals surface area contributed by atoms with Crippen molar-refractivity contribution in [3.8, 4) is 11.1 Å². The van der Waals surface area contributed by atoms with Crippen LogP contribution in [0.3, 0.4) is 0 Å². The molecule has 4 rings (SSSR count). The quantitative estimate of drug-likeness (QED) is 0.292. The summed E-state index contributed by atoms with van der Waals surface area (Å²) < 4.78 is 0. The van der Waals surface area contributed by atoms with Crippen molar-refractivity contribution in [2.75, 3.05) is 0 Å². The van der Waals surface area contributed by atoms with E-state index in [0.717, 1.165) is 11.1 Å². The number of hydrogen-bond acceptors (Lipinski definition) is 6. The average molecular weight is 697 g/mol. The lowest BCUT2D eigenvalue weighted by molar-refractivity contribution is -0.113. The van der Waals surface area contributed by atoms with Crippen molar-refractivity contribution >= 4 is 69.3 Å². The van der Waals surface area contributed by atoms with Crippen LogP contribution in [0.1, 0.15) is 55.4 Å². The zero-order valence-electron chi connectivity index (χ0n) is 26.9. The second kappa shape index (κ2) is 13.7. The third-order valence-electron chi connectivity index (χ3n) is 7.32. The molecule has 0 fully saturated rings. The molecule has 10 heteroatoms. The Hall–Kier alpha value is -3.42. The molecule has 6 nitrogen and oxygen atoms in total. The van der Waals surface area contributed by atoms with Gasteiger partial charge in [-0.3, -0.25) is 9.59 Å². The molecule has 0 bridgehead atoms. The standard InChI is InChI=1S/C36H34Cl4N4O2/c1-19-9-21(11-25(33(19)45)35(3,4)5)17-41-43-31-15-27(37)23(13-29(31)39)24-14-30(40)32(16-28(24)38)44-42-18-22-10-20(2)34(46)26(12-22)36(6,7)8/h9-18H,1-8H3/b21-17+,22-18+,43-41?,44-42?. The molecule has 2 aliphatic rings. The number of hydrogen-bond donors (Lipinski definition) is 0. The zero-order chi connectivity index (χ0) is 34.1. The number of benzene rings is 2. The predicted molar refractivity (Wildman–Crippen MR) is 190 cm³/mol. The van der Waals surface area contributed by atoms with Crippen LogP contribution in [-0.4, -0.2) is 11.6 Å². The molecule has 2 aliphatic carbocycles. The average Bonchev–Trinajstić information content (AvgIpc) is 2.94. The lowest BCUT2D eigenvalue weighted by atomic mass is 9.78. The SMILES string of the molecule is CC1=C/C(=C\N=Nc2cc(Cl)c(-c3cc(Cl)c(N=N/C=C4\C=C(C)C(=O)C(C(C)(C)C)=C4)cc3Cl)cc2Cl)C=C(C(C)(C)C)C1=O. The van der Waals surface area contributed by atoms with Crippen LogP contribution < -0.4 is 0 Å². The molecule has 0 spiro atoms. The Morgan fingerprint density at radius 3 is 1.22 bits per heavy atom. The summed E-state index contributed by atoms with van der Waals surface area (Å²) in [5.41, 5.74) is 5.42. The predicted octanol–water partition coefficient (Wildman–Crippen LogP) is 12.9. The molecule has 0 aromatic heterocycles. The summed E-state index contributed by atoms with van der Waals surface area (Å²) in [4.78, 5) is 25.2. The lowest BCUT2D eigenvalue weighted by Crippen LogP contribution is -2.21. The van der Waals surface area contributed by atoms with Crippen molar-refractivity contribution in [1.29, 1.82) is 0 Å². The summed E-state index contributed by atoms with van der Waals surface area (Å²) in [6, 6.07) is 6.48. The summed E-state index contributed by atoms with van der Waals surface area (Å²) in [6.07, 6.45) is 10.4. The number of Topliss-reactive ketones (excluding diaryl/α,β-unsaturated/α-hetero) is 2. The first kappa shape index (κ1) is 35.4. The first-order valence-corrected chi connectivity index (χ1v) is 16.0. The number of halogens is 4. The number of azo groups is 2. The number of rotatable bonds is 5. The molecule has 46 heavy (non-hydrogen) atoms. The summed E-state index contributed by atoms with van der Waals surface area (Å²) >= 11 is 26.4. The van der Waals surface area contributed by atoms with E-state index in [2.05, 4.69) is 20.5 Å². The zero-order valence-corrected chi connectivity index (χ0v) is 29.9. The van der Waals surface area contributed by atoms with E-state index >= 15 is 0 Å². The van der Waals surface area contributed by atoms with Crippen molar-refractivity contribution in [2.24, 2.45) is 31.3 Å². The molecule has 2 aromatic rings. The van der Waals surface area contributed by atoms with Crippen LogP contribution in [0.5, 0.6) is 0 Å². The lowest BCUT2D eigenvalue weighted by Gasteiger charge is -2.24. The van der Waals surface area contributed by atoms with Crippen LogP contribution in [0.4, 0.5) is 11.4 Å². The fourth-order valence-electron chi connectivity index (χ4n) is 4.82. The van der Waals surface area contributed by atoms with E-state index in [4.69, 9.17) is 46.4 Å². The molecular weight excluding hydrogens is 662 g/mol. The molecule has 0 saturated carbocycles. The van der Waals surface area contributed by atoms with Gasteiger partial charge >= 0.3 is 0 Å². The van der Waals surface area contributed by atoms with Crippen molar-refractivity contribution in [1.82, 2.24) is 0 Å². The maximum absolute atomic E-state index is 12.6. The second-order valence-electron chi connectivity index (χ2n) is 13.2. The van der Waals surface area contributed by atoms with Gasteiger partial charge in [-0.15, -0.1) is 10.2 Å². The van der Waals surface area contributed by atoms with Crippen LogP contribution in [0, 0.1) is 10.8 Å². The summed E-state index contributed by atoms with van der Waals surface area (Å²) in [5.74, 6) is 0.0500. The van der Waals surface area contributed by atoms with Gasteiger partial charge in [-0.25, -0.2) is 0 Å². The Balaban J connectivity index is 1.58. The minimum Gasteiger partial charge on any atom is -0.289 e. The normalized spacial score (nSPS) is 18.1. The van der Waals surface area contributed by atoms with Crippen LogP contribution in [-0.2, 0) is 9.59 Å². The van der Waals surface area contributed by atoms with E-state index in [9.17, 15) is 9.59 Å². The monoisotopic (exact) mass is 694 g/mol. The molecule has 0 N–H and O–H groups in total. The van der Waals surface area contributed by atoms with E-state index in [0.29, 0.717) is 64.9 Å². The number of nitrogens with zero attached hydrogens (tertiary/aromatic N) is 4. The van der Waals surface area contributed by atoms with E-state index in [-0.39, 0.29) is 22.4 Å². The van der Waals surface area contributed by atoms with Crippen LogP contribution in [0.25, 0.3) is 11.1 Å². The van der Waals surface area contributed by atoms with Crippen molar-refractivity contribution in [3.05, 3.63) is 114 Å². The Morgan fingerprint density at radius 2 is 0.891 bits per heavy atom. The van der Waals surface area contributed by atoms with Gasteiger partial charge in [0.15, 0.2) is 11.6 Å². The highest BCUT2D eigenvalue weighted by molar-refractivity contribution is 6.40. The third kappa shape index (κ3) is 8.10. The molecule has 0 radical (unpaired) electrons. The maximum atomic E-state index is 12.6. The number of carbonyl (C=O) groups is 2. The van der Waals surface area contributed by atoms with E-state index in [1.165, 1.54) is 0 Å². The van der Waals surface area contributed by atoms with E-state index in [1.807, 2.05) is 53.7 Å². The van der Waals surface area contributed by atoms with Crippen molar-refractivity contribution < 1.29 is 9.59 Å². The van der Waals surface area contributed by atoms with Crippen molar-refractivity contribution in [2.45, 2.75) is 55.4 Å². The fourth-order valence-corrected chi connectivity index (χ4v) is 5.74. The maximum Gasteiger partial charge on any atom is 0.185 e. The van der Waals surface area contributed by atoms with Crippen LogP contribution in [0.15, 0.2) is 115 Å². The number of allylic oxidation sites excluding steroid dienone is 10. The summed E-state index contributed by atoms with van der Waals surface area (Å²) in [6.45, 7) is 15.5. The Morgan fingerprint density at radius 1 is 0.543 bits per heavy atom. The highest BCUT2D eigenvalue weighted by atomic mass is 35.5. The van der Waals surface area contributed by atoms with Gasteiger partial charge in [-0.1, -0.05) is 87.9 Å². The first-order valence-electron chi connectivity index (χ1n) is 14.5. The summed E-state index contributed by atoms with van der Waals surface area (Å²) in [7, 11) is 0. The molecule has 0 amide bonds. The topological polar surface area (TPSA) is 83.6 Å². The minimum absolute atomic E-state index is 0.0250. The fraction of sp³-hybridized carbons (Fsp3) is 0.278. The summed E-state index contributed by atoms with van der Waals surface area (Å²) in [5, 5.41) is 18.2. The Bertz CT molecular complexity index is 1760. The third-order valence-corrected chi connectivity index (χ3v) is 8.55. The van der Waals surface area contributed by atoms with Gasteiger partial charge in [-0.05, 0) is 95.5 Å². The van der Waals surface area contributed by atoms with Gasteiger partial charge in [0.25, 0.3) is 0 Å². The van der Waals surface area contributed by atoms with Gasteiger partial charge in [0, 0.05) is 22.3 Å². The molecule has 238 valence electrons. The Labute approximate surface area is 290 Å². The van der Waals surface area contributed by atoms with Crippen molar-refractivity contribution in [3.63, 3.8) is 0 Å². The molecule has 0 aliphatic heterocycles. The van der Waals surface area contributed by atoms with Gasteiger partial charge in [0.2, 0.25) is 0 Å². The number of ketones is 2. The van der Waals surface area contributed by atoms with Gasteiger partial charge in [0.1, 0.15) is 11.4 Å². The molecule has 0 atom stereocenters. The molecule has 0 saturated heterocycles. The molecule has 0 heterocycles. The van der Waals surface area contributed by atoms with Gasteiger partial charge in [-0.2, -0.15) is 10.2 Å². The van der Waals surface area contributed by atoms with E-state index in [1.54, 1.807) is 62.7 Å². The highest BCUT2D eigenvalue weighted by Crippen LogP contribution is 2.43. The minimum atomic E-state index is -0.305. The smallest absolute Gasteiger partial charge is 0.185 e. The van der Waals surface area contributed by atoms with Crippen LogP contribution >= 0.6 is 46.4 Å². The largest absolute Gasteiger partial charge is 0.289 e. The molecule has 0 unspecified atom stereocenters. The van der Waals surface area contributed by atoms with Gasteiger partial charge in [0.05, 0.1) is 32.5 Å². The first-order chi connectivity index (χ1) is 21.4. The number of carbonyl (C=O) groups excluding carboxylic acids is 2. The molecule has 2 aromatic carbocycles. The van der Waals surface area contributed by atoms with E-state index < -0.39 is 0 Å².